The van der Waals surface area contributed by atoms with E-state index in [4.69, 9.17) is 0 Å². The Kier molecular flexibility index (Phi) is 7.98. The second-order valence-corrected chi connectivity index (χ2v) is 3.27. The van der Waals surface area contributed by atoms with E-state index in [1.165, 1.54) is 32.1 Å². The van der Waals surface area contributed by atoms with E-state index in [-0.39, 0.29) is 6.67 Å². The van der Waals surface area contributed by atoms with Gasteiger partial charge in [-0.15, -0.1) is 0 Å². The van der Waals surface area contributed by atoms with Crippen molar-refractivity contribution >= 4 is 0 Å². The Balaban J connectivity index is 3.34. The Labute approximate surface area is 70.2 Å². The first kappa shape index (κ1) is 10.9. The average molecular weight is 160 g/mol. The number of halogens is 1. The zero-order valence-electron chi connectivity index (χ0n) is 7.91. The summed E-state index contributed by atoms with van der Waals surface area (Å²) in [5.41, 5.74) is 0. The summed E-state index contributed by atoms with van der Waals surface area (Å²) >= 11 is 0. The molecule has 0 aromatic rings. The molecule has 68 valence electrons. The zero-order chi connectivity index (χ0) is 8.53. The van der Waals surface area contributed by atoms with Crippen LogP contribution in [0.5, 0.6) is 0 Å². The van der Waals surface area contributed by atoms with Crippen molar-refractivity contribution in [1.82, 2.24) is 0 Å². The molecular formula is C10H21F. The minimum Gasteiger partial charge on any atom is -0.251 e. The first-order valence-corrected chi connectivity index (χ1v) is 4.91. The fourth-order valence-electron chi connectivity index (χ4n) is 1.49. The number of unbranched alkanes of at least 4 members (excludes halogenated alkanes) is 1. The lowest BCUT2D eigenvalue weighted by Gasteiger charge is -2.12. The van der Waals surface area contributed by atoms with Crippen LogP contribution in [-0.2, 0) is 0 Å². The van der Waals surface area contributed by atoms with Gasteiger partial charge >= 0.3 is 0 Å². The van der Waals surface area contributed by atoms with E-state index in [1.807, 2.05) is 0 Å². The van der Waals surface area contributed by atoms with Crippen molar-refractivity contribution in [2.24, 2.45) is 5.92 Å². The summed E-state index contributed by atoms with van der Waals surface area (Å²) in [4.78, 5) is 0. The average Bonchev–Trinajstić information content (AvgIpc) is 2.01. The van der Waals surface area contributed by atoms with E-state index in [9.17, 15) is 4.39 Å². The molecular weight excluding hydrogens is 139 g/mol. The Hall–Kier alpha value is -0.0700. The third-order valence-corrected chi connectivity index (χ3v) is 2.18. The van der Waals surface area contributed by atoms with Gasteiger partial charge in [-0.3, -0.25) is 4.39 Å². The third kappa shape index (κ3) is 6.33. The largest absolute Gasteiger partial charge is 0.251 e. The predicted octanol–water partition coefficient (Wildman–Crippen LogP) is 3.95. The summed E-state index contributed by atoms with van der Waals surface area (Å²) < 4.78 is 12.0. The summed E-state index contributed by atoms with van der Waals surface area (Å²) in [5.74, 6) is 0.657. The second-order valence-electron chi connectivity index (χ2n) is 3.27. The minimum atomic E-state index is -0.131. The molecule has 0 saturated carbocycles. The minimum absolute atomic E-state index is 0.131. The lowest BCUT2D eigenvalue weighted by molar-refractivity contribution is 0.344. The second kappa shape index (κ2) is 8.03. The molecule has 0 aliphatic carbocycles. The highest BCUT2D eigenvalue weighted by atomic mass is 19.1. The van der Waals surface area contributed by atoms with E-state index in [2.05, 4.69) is 13.8 Å². The van der Waals surface area contributed by atoms with Crippen molar-refractivity contribution in [3.05, 3.63) is 0 Å². The molecule has 0 aromatic carbocycles. The Bertz CT molecular complexity index is 65.3. The van der Waals surface area contributed by atoms with Gasteiger partial charge in [0.25, 0.3) is 0 Å². The van der Waals surface area contributed by atoms with Crippen LogP contribution in [0.25, 0.3) is 0 Å². The molecule has 1 atom stereocenters. The SMILES string of the molecule is CCCCC(CCC)CCF. The van der Waals surface area contributed by atoms with Crippen LogP contribution in [0, 0.1) is 5.92 Å². The van der Waals surface area contributed by atoms with E-state index in [0.29, 0.717) is 5.92 Å². The first-order chi connectivity index (χ1) is 5.35. The van der Waals surface area contributed by atoms with Gasteiger partial charge in [-0.1, -0.05) is 46.0 Å². The van der Waals surface area contributed by atoms with Crippen molar-refractivity contribution < 1.29 is 4.39 Å². The van der Waals surface area contributed by atoms with Crippen LogP contribution in [0.1, 0.15) is 52.4 Å². The molecule has 0 aliphatic rings. The van der Waals surface area contributed by atoms with E-state index >= 15 is 0 Å². The molecule has 0 spiro atoms. The Morgan fingerprint density at radius 3 is 2.18 bits per heavy atom. The topological polar surface area (TPSA) is 0 Å². The highest BCUT2D eigenvalue weighted by Crippen LogP contribution is 2.18. The number of alkyl halides is 1. The molecule has 1 unspecified atom stereocenters. The van der Waals surface area contributed by atoms with Crippen molar-refractivity contribution in [1.29, 1.82) is 0 Å². The van der Waals surface area contributed by atoms with Crippen LogP contribution >= 0.6 is 0 Å². The van der Waals surface area contributed by atoms with Crippen LogP contribution in [0.15, 0.2) is 0 Å². The standard InChI is InChI=1S/C10H21F/c1-3-5-7-10(6-4-2)8-9-11/h10H,3-9H2,1-2H3. The maximum Gasteiger partial charge on any atom is 0.0897 e. The van der Waals surface area contributed by atoms with Gasteiger partial charge in [0.05, 0.1) is 6.67 Å². The summed E-state index contributed by atoms with van der Waals surface area (Å²) in [5, 5.41) is 0. The fraction of sp³-hybridized carbons (Fsp3) is 1.00. The predicted molar refractivity (Wildman–Crippen MR) is 48.5 cm³/mol. The van der Waals surface area contributed by atoms with Crippen molar-refractivity contribution in [2.75, 3.05) is 6.67 Å². The molecule has 0 N–H and O–H groups in total. The summed E-state index contributed by atoms with van der Waals surface area (Å²) in [6.45, 7) is 4.24. The highest BCUT2D eigenvalue weighted by Gasteiger charge is 2.05. The first-order valence-electron chi connectivity index (χ1n) is 4.91. The molecule has 0 aliphatic heterocycles. The molecule has 0 heterocycles. The van der Waals surface area contributed by atoms with Crippen molar-refractivity contribution in [3.8, 4) is 0 Å². The molecule has 0 radical (unpaired) electrons. The fourth-order valence-corrected chi connectivity index (χ4v) is 1.49. The molecule has 1 heteroatoms. The summed E-state index contributed by atoms with van der Waals surface area (Å²) in [7, 11) is 0. The highest BCUT2D eigenvalue weighted by molar-refractivity contribution is 4.57. The zero-order valence-corrected chi connectivity index (χ0v) is 7.91. The van der Waals surface area contributed by atoms with Gasteiger partial charge in [0, 0.05) is 0 Å². The third-order valence-electron chi connectivity index (χ3n) is 2.18. The molecule has 0 fully saturated rings. The van der Waals surface area contributed by atoms with Crippen molar-refractivity contribution in [3.63, 3.8) is 0 Å². The van der Waals surface area contributed by atoms with Crippen molar-refractivity contribution in [2.45, 2.75) is 52.4 Å². The molecule has 0 bridgehead atoms. The van der Waals surface area contributed by atoms with Gasteiger partial charge in [0.1, 0.15) is 0 Å². The normalized spacial score (nSPS) is 13.4. The quantitative estimate of drug-likeness (QED) is 0.529. The number of rotatable bonds is 7. The molecule has 0 rings (SSSR count). The van der Waals surface area contributed by atoms with Crippen LogP contribution in [0.2, 0.25) is 0 Å². The van der Waals surface area contributed by atoms with Crippen LogP contribution in [0.4, 0.5) is 4.39 Å². The summed E-state index contributed by atoms with van der Waals surface area (Å²) in [6.07, 6.45) is 6.94. The van der Waals surface area contributed by atoms with Gasteiger partial charge in [-0.2, -0.15) is 0 Å². The van der Waals surface area contributed by atoms with E-state index in [1.54, 1.807) is 0 Å². The van der Waals surface area contributed by atoms with Gasteiger partial charge in [-0.25, -0.2) is 0 Å². The number of hydrogen-bond donors (Lipinski definition) is 0. The molecule has 0 saturated heterocycles. The Morgan fingerprint density at radius 1 is 1.00 bits per heavy atom. The van der Waals surface area contributed by atoms with E-state index < -0.39 is 0 Å². The summed E-state index contributed by atoms with van der Waals surface area (Å²) in [6, 6.07) is 0. The molecule has 0 nitrogen and oxygen atoms in total. The van der Waals surface area contributed by atoms with Gasteiger partial charge in [0.15, 0.2) is 0 Å². The van der Waals surface area contributed by atoms with Gasteiger partial charge in [-0.05, 0) is 12.3 Å². The molecule has 11 heavy (non-hydrogen) atoms. The molecule has 0 aromatic heterocycles. The monoisotopic (exact) mass is 160 g/mol. The lowest BCUT2D eigenvalue weighted by Crippen LogP contribution is -2.00. The van der Waals surface area contributed by atoms with Crippen LogP contribution in [0.3, 0.4) is 0 Å². The van der Waals surface area contributed by atoms with Crippen LogP contribution in [-0.4, -0.2) is 6.67 Å². The van der Waals surface area contributed by atoms with Gasteiger partial charge < -0.3 is 0 Å². The maximum absolute atomic E-state index is 12.0. The van der Waals surface area contributed by atoms with Gasteiger partial charge in [0.2, 0.25) is 0 Å². The lowest BCUT2D eigenvalue weighted by atomic mass is 9.94. The molecule has 0 amide bonds. The van der Waals surface area contributed by atoms with Crippen LogP contribution < -0.4 is 0 Å². The number of hydrogen-bond acceptors (Lipinski definition) is 0. The van der Waals surface area contributed by atoms with E-state index in [0.717, 1.165) is 6.42 Å². The maximum atomic E-state index is 12.0. The smallest absolute Gasteiger partial charge is 0.0897 e. The Morgan fingerprint density at radius 2 is 1.73 bits per heavy atom.